The molecule has 1 aromatic heterocycles. The Labute approximate surface area is 112 Å². The summed E-state index contributed by atoms with van der Waals surface area (Å²) in [6, 6.07) is 9.51. The van der Waals surface area contributed by atoms with Gasteiger partial charge in [0.15, 0.2) is 0 Å². The Kier molecular flexibility index (Phi) is 4.21. The first-order valence-corrected chi connectivity index (χ1v) is 8.07. The van der Waals surface area contributed by atoms with Crippen molar-refractivity contribution < 1.29 is 14.1 Å². The minimum absolute atomic E-state index is 0.275. The number of esters is 1. The molecular formula is C13H14AsNO3. The van der Waals surface area contributed by atoms with Crippen LogP contribution in [-0.2, 0) is 9.95 Å². The molecule has 94 valence electrons. The van der Waals surface area contributed by atoms with E-state index < -0.39 is 15.8 Å². The number of hydrogen-bond acceptors (Lipinski definition) is 4. The van der Waals surface area contributed by atoms with Crippen LogP contribution in [0.2, 0.25) is 0 Å². The number of nitrogens with zero attached hydrogens (tertiary/aromatic N) is 1. The summed E-state index contributed by atoms with van der Waals surface area (Å²) in [5.41, 5.74) is 1.55. The van der Waals surface area contributed by atoms with Gasteiger partial charge in [-0.1, -0.05) is 0 Å². The number of ether oxygens (including phenoxy) is 1. The van der Waals surface area contributed by atoms with Crippen LogP contribution in [0.5, 0.6) is 0 Å². The quantitative estimate of drug-likeness (QED) is 0.625. The van der Waals surface area contributed by atoms with Gasteiger partial charge in [-0.25, -0.2) is 0 Å². The number of aromatic nitrogens is 1. The van der Waals surface area contributed by atoms with Crippen LogP contribution >= 0.6 is 0 Å². The van der Waals surface area contributed by atoms with Gasteiger partial charge in [0, 0.05) is 0 Å². The summed E-state index contributed by atoms with van der Waals surface area (Å²) in [6.45, 7) is 1.90. The molecule has 0 aliphatic heterocycles. The minimum atomic E-state index is -0.479. The Bertz CT molecular complexity index is 551. The van der Waals surface area contributed by atoms with Crippen molar-refractivity contribution in [3.05, 3.63) is 47.3 Å². The average molecular weight is 307 g/mol. The molecule has 0 aliphatic rings. The van der Waals surface area contributed by atoms with Gasteiger partial charge in [-0.15, -0.1) is 0 Å². The Morgan fingerprint density at radius 2 is 2.22 bits per heavy atom. The van der Waals surface area contributed by atoms with Gasteiger partial charge in [-0.3, -0.25) is 0 Å². The van der Waals surface area contributed by atoms with Gasteiger partial charge in [-0.2, -0.15) is 0 Å². The zero-order valence-corrected chi connectivity index (χ0v) is 12.4. The summed E-state index contributed by atoms with van der Waals surface area (Å²) in [5, 5.41) is 4.70. The topological polar surface area (TPSA) is 52.3 Å². The third-order valence-electron chi connectivity index (χ3n) is 2.46. The molecule has 0 bridgehead atoms. The molecule has 0 fully saturated rings. The Morgan fingerprint density at radius 1 is 1.44 bits per heavy atom. The number of rotatable bonds is 4. The van der Waals surface area contributed by atoms with E-state index in [4.69, 9.17) is 9.26 Å². The van der Waals surface area contributed by atoms with Crippen LogP contribution in [0.1, 0.15) is 21.8 Å². The van der Waals surface area contributed by atoms with E-state index in [0.717, 1.165) is 21.0 Å². The molecular weight excluding hydrogens is 293 g/mol. The van der Waals surface area contributed by atoms with Crippen molar-refractivity contribution in [1.82, 2.24) is 5.16 Å². The van der Waals surface area contributed by atoms with Gasteiger partial charge in [0.25, 0.3) is 0 Å². The summed E-state index contributed by atoms with van der Waals surface area (Å²) in [4.78, 5) is 11.6. The second-order valence-electron chi connectivity index (χ2n) is 3.83. The molecule has 1 unspecified atom stereocenters. The molecule has 2 aromatic rings. The van der Waals surface area contributed by atoms with Gasteiger partial charge in [-0.05, 0) is 0 Å². The van der Waals surface area contributed by atoms with Crippen LogP contribution < -0.4 is 4.35 Å². The van der Waals surface area contributed by atoms with Crippen molar-refractivity contribution in [3.8, 4) is 0 Å². The van der Waals surface area contributed by atoms with Gasteiger partial charge in [0.2, 0.25) is 0 Å². The normalized spacial score (nSPS) is 11.0. The van der Waals surface area contributed by atoms with Gasteiger partial charge < -0.3 is 0 Å². The molecule has 0 aliphatic carbocycles. The molecule has 0 saturated heterocycles. The fraction of sp³-hybridized carbons (Fsp3) is 0.231. The number of hydrogen-bond donors (Lipinski definition) is 0. The summed E-state index contributed by atoms with van der Waals surface area (Å²) < 4.78 is 11.0. The predicted molar refractivity (Wildman–Crippen MR) is 69.5 cm³/mol. The Hall–Kier alpha value is -1.54. The molecule has 0 spiro atoms. The first kappa shape index (κ1) is 12.9. The molecule has 0 radical (unpaired) electrons. The monoisotopic (exact) mass is 307 g/mol. The van der Waals surface area contributed by atoms with Crippen molar-refractivity contribution in [2.45, 2.75) is 12.1 Å². The second-order valence-corrected chi connectivity index (χ2v) is 6.44. The van der Waals surface area contributed by atoms with E-state index in [2.05, 4.69) is 5.16 Å². The predicted octanol–water partition coefficient (Wildman–Crippen LogP) is 1.03. The molecule has 0 saturated carbocycles. The third kappa shape index (κ3) is 3.02. The molecule has 0 N–H and O–H groups in total. The molecule has 0 amide bonds. The van der Waals surface area contributed by atoms with E-state index in [1.807, 2.05) is 31.2 Å². The van der Waals surface area contributed by atoms with Crippen LogP contribution in [0.15, 0.2) is 34.9 Å². The number of benzene rings is 1. The van der Waals surface area contributed by atoms with E-state index in [1.165, 1.54) is 7.11 Å². The first-order valence-electron chi connectivity index (χ1n) is 5.54. The van der Waals surface area contributed by atoms with Crippen molar-refractivity contribution >= 4 is 26.1 Å². The number of carbonyl (C=O) groups is 1. The average Bonchev–Trinajstić information content (AvgIpc) is 2.81. The maximum absolute atomic E-state index is 11.6. The fourth-order valence-corrected chi connectivity index (χ4v) is 3.96. The van der Waals surface area contributed by atoms with E-state index >= 15 is 0 Å². The van der Waals surface area contributed by atoms with Crippen LogP contribution in [-0.4, -0.2) is 34.0 Å². The zero-order chi connectivity index (χ0) is 13.0. The van der Waals surface area contributed by atoms with Crippen molar-refractivity contribution in [2.24, 2.45) is 0 Å². The van der Waals surface area contributed by atoms with E-state index in [1.54, 1.807) is 6.07 Å². The maximum atomic E-state index is 11.6. The van der Waals surface area contributed by atoms with Crippen molar-refractivity contribution in [3.63, 3.8) is 0 Å². The molecule has 1 aromatic carbocycles. The Morgan fingerprint density at radius 3 is 2.89 bits per heavy atom. The van der Waals surface area contributed by atoms with Gasteiger partial charge in [0.05, 0.1) is 0 Å². The zero-order valence-electron chi connectivity index (χ0n) is 10.3. The number of carbonyl (C=O) groups excluding carboxylic acids is 1. The number of aryl methyl sites for hydroxylation is 1. The summed E-state index contributed by atoms with van der Waals surface area (Å²) in [5.74, 6) is 0.607. The van der Waals surface area contributed by atoms with Gasteiger partial charge >= 0.3 is 112 Å². The summed E-state index contributed by atoms with van der Waals surface area (Å²) in [7, 11) is 1.40. The van der Waals surface area contributed by atoms with Gasteiger partial charge in [0.1, 0.15) is 0 Å². The van der Waals surface area contributed by atoms with Crippen LogP contribution in [0.4, 0.5) is 0 Å². The Balaban J connectivity index is 2.11. The van der Waals surface area contributed by atoms with E-state index in [0.29, 0.717) is 5.56 Å². The van der Waals surface area contributed by atoms with Crippen molar-refractivity contribution in [1.29, 1.82) is 0 Å². The van der Waals surface area contributed by atoms with Crippen LogP contribution in [0, 0.1) is 6.92 Å². The molecule has 1 atom stereocenters. The fourth-order valence-electron chi connectivity index (χ4n) is 1.61. The summed E-state index contributed by atoms with van der Waals surface area (Å²) >= 11 is -0.479. The number of methoxy groups -OCH3 is 1. The molecule has 18 heavy (non-hydrogen) atoms. The first-order chi connectivity index (χ1) is 8.70. The third-order valence-corrected chi connectivity index (χ3v) is 5.28. The molecule has 1 heterocycles. The molecule has 4 nitrogen and oxygen atoms in total. The summed E-state index contributed by atoms with van der Waals surface area (Å²) in [6.07, 6.45) is 0. The van der Waals surface area contributed by atoms with Crippen LogP contribution in [0.3, 0.4) is 0 Å². The van der Waals surface area contributed by atoms with Crippen molar-refractivity contribution in [2.75, 3.05) is 7.11 Å². The van der Waals surface area contributed by atoms with Crippen LogP contribution in [0.25, 0.3) is 0 Å². The second kappa shape index (κ2) is 5.87. The van der Waals surface area contributed by atoms with E-state index in [9.17, 15) is 4.79 Å². The SMILES string of the molecule is COC(=O)c1ccccc1[AsH]Cc1cc(C)no1. The molecule has 5 heteroatoms. The van der Waals surface area contributed by atoms with E-state index in [-0.39, 0.29) is 5.97 Å². The molecule has 2 rings (SSSR count). The standard InChI is InChI=1S/C13H14AsNO3/c1-9-7-10(18-15-9)8-14-12-6-4-3-5-11(12)13(16)17-2/h3-7,14H,8H2,1-2H3.